The molecule has 0 aliphatic rings. The molecule has 7 heteroatoms. The molecule has 1 rings (SSSR count). The summed E-state index contributed by atoms with van der Waals surface area (Å²) in [4.78, 5) is 10.3. The number of benzene rings is 1. The normalized spacial score (nSPS) is 12.1. The quantitative estimate of drug-likeness (QED) is 0.620. The molecule has 3 N–H and O–H groups in total. The van der Waals surface area contributed by atoms with E-state index in [2.05, 4.69) is 29.8 Å². The third-order valence-corrected chi connectivity index (χ3v) is 3.35. The van der Waals surface area contributed by atoms with Crippen molar-refractivity contribution in [3.8, 4) is 5.75 Å². The summed E-state index contributed by atoms with van der Waals surface area (Å²) in [6, 6.07) is 2.21. The van der Waals surface area contributed by atoms with Crippen molar-refractivity contribution >= 4 is 34.0 Å². The van der Waals surface area contributed by atoms with Crippen LogP contribution in [0, 0.1) is 16.0 Å². The van der Waals surface area contributed by atoms with Crippen molar-refractivity contribution in [3.05, 3.63) is 32.3 Å². The number of rotatable bonds is 5. The summed E-state index contributed by atoms with van der Waals surface area (Å²) < 4.78 is 0.298. The Hall–Kier alpha value is -0.850. The molecule has 0 amide bonds. The molecule has 0 fully saturated rings. The van der Waals surface area contributed by atoms with Crippen LogP contribution in [-0.4, -0.2) is 10.0 Å². The van der Waals surface area contributed by atoms with E-state index in [1.165, 1.54) is 12.1 Å². The van der Waals surface area contributed by atoms with Crippen LogP contribution in [0.5, 0.6) is 5.75 Å². The summed E-state index contributed by atoms with van der Waals surface area (Å²) in [6.07, 6.45) is 1.58. The Morgan fingerprint density at radius 2 is 2.00 bits per heavy atom. The van der Waals surface area contributed by atoms with Crippen molar-refractivity contribution in [2.45, 2.75) is 32.7 Å². The molecule has 0 unspecified atom stereocenters. The van der Waals surface area contributed by atoms with Crippen molar-refractivity contribution < 1.29 is 10.0 Å². The zero-order valence-corrected chi connectivity index (χ0v) is 13.2. The number of nitro groups is 1. The van der Waals surface area contributed by atoms with Crippen molar-refractivity contribution in [2.75, 3.05) is 0 Å². The second kappa shape index (κ2) is 7.67. The molecule has 0 aromatic heterocycles. The van der Waals surface area contributed by atoms with Gasteiger partial charge < -0.3 is 10.8 Å². The van der Waals surface area contributed by atoms with Gasteiger partial charge in [0.05, 0.1) is 9.40 Å². The fourth-order valence-electron chi connectivity index (χ4n) is 1.66. The Labute approximate surface area is 126 Å². The summed E-state index contributed by atoms with van der Waals surface area (Å²) in [5.74, 6) is 0.484. The topological polar surface area (TPSA) is 89.4 Å². The maximum atomic E-state index is 10.8. The number of hydrogen-bond donors (Lipinski definition) is 2. The number of nitro benzene ring substituents is 1. The van der Waals surface area contributed by atoms with Gasteiger partial charge >= 0.3 is 0 Å². The van der Waals surface area contributed by atoms with E-state index < -0.39 is 11.0 Å². The Morgan fingerprint density at radius 1 is 1.42 bits per heavy atom. The number of phenolic OH excluding ortho intramolecular Hbond substituents is 1. The van der Waals surface area contributed by atoms with Gasteiger partial charge in [-0.25, -0.2) is 0 Å². The lowest BCUT2D eigenvalue weighted by atomic mass is 9.97. The Kier molecular flexibility index (Phi) is 7.33. The fraction of sp³-hybridized carbons (Fsp3) is 0.500. The molecule has 0 aliphatic heterocycles. The molecule has 0 radical (unpaired) electrons. The third kappa shape index (κ3) is 4.97. The molecule has 19 heavy (non-hydrogen) atoms. The molecule has 0 bridgehead atoms. The van der Waals surface area contributed by atoms with Gasteiger partial charge in [-0.1, -0.05) is 13.8 Å². The van der Waals surface area contributed by atoms with E-state index in [1.807, 2.05) is 0 Å². The maximum Gasteiger partial charge on any atom is 0.271 e. The van der Waals surface area contributed by atoms with E-state index in [4.69, 9.17) is 5.73 Å². The van der Waals surface area contributed by atoms with Crippen molar-refractivity contribution in [1.29, 1.82) is 0 Å². The average Bonchev–Trinajstić information content (AvgIpc) is 2.29. The minimum absolute atomic E-state index is 0. The summed E-state index contributed by atoms with van der Waals surface area (Å²) in [5.41, 5.74) is 6.32. The number of nitrogens with two attached hydrogens (primary N) is 1. The molecule has 0 saturated heterocycles. The highest BCUT2D eigenvalue weighted by Gasteiger charge is 2.19. The first-order valence-corrected chi connectivity index (χ1v) is 6.54. The lowest BCUT2D eigenvalue weighted by Gasteiger charge is -2.15. The van der Waals surface area contributed by atoms with Crippen LogP contribution in [0.2, 0.25) is 0 Å². The molecule has 108 valence electrons. The highest BCUT2D eigenvalue weighted by Crippen LogP contribution is 2.36. The lowest BCUT2D eigenvalue weighted by Crippen LogP contribution is -2.12. The highest BCUT2D eigenvalue weighted by molar-refractivity contribution is 9.10. The molecule has 5 nitrogen and oxygen atoms in total. The van der Waals surface area contributed by atoms with Crippen LogP contribution < -0.4 is 5.73 Å². The van der Waals surface area contributed by atoms with Crippen molar-refractivity contribution in [3.63, 3.8) is 0 Å². The maximum absolute atomic E-state index is 10.8. The largest absolute Gasteiger partial charge is 0.506 e. The SMILES string of the molecule is CC(C)CC[C@H](N)c1cc([N+](=O)[O-])cc(Br)c1O.Cl. The second-order valence-corrected chi connectivity index (χ2v) is 5.55. The van der Waals surface area contributed by atoms with Crippen LogP contribution in [0.25, 0.3) is 0 Å². The second-order valence-electron chi connectivity index (χ2n) is 4.70. The number of phenols is 1. The molecule has 0 spiro atoms. The molecule has 1 aromatic carbocycles. The molecule has 0 heterocycles. The monoisotopic (exact) mass is 352 g/mol. The van der Waals surface area contributed by atoms with Gasteiger partial charge in [0.2, 0.25) is 0 Å². The van der Waals surface area contributed by atoms with Crippen LogP contribution in [0.4, 0.5) is 5.69 Å². The van der Waals surface area contributed by atoms with Crippen LogP contribution in [0.1, 0.15) is 38.3 Å². The first-order valence-electron chi connectivity index (χ1n) is 5.75. The van der Waals surface area contributed by atoms with Crippen molar-refractivity contribution in [2.24, 2.45) is 11.7 Å². The zero-order chi connectivity index (χ0) is 13.9. The van der Waals surface area contributed by atoms with Gasteiger partial charge in [0.15, 0.2) is 0 Å². The average molecular weight is 354 g/mol. The van der Waals surface area contributed by atoms with Gasteiger partial charge in [-0.3, -0.25) is 10.1 Å². The standard InChI is InChI=1S/C12H17BrN2O3.ClH/c1-7(2)3-4-11(14)9-5-8(15(17)18)6-10(13)12(9)16;/h5-7,11,16H,3-4,14H2,1-2H3;1H/t11-;/m0./s1. The Balaban J connectivity index is 0.00000324. The van der Waals surface area contributed by atoms with E-state index in [1.54, 1.807) is 0 Å². The van der Waals surface area contributed by atoms with Gasteiger partial charge in [-0.2, -0.15) is 0 Å². The minimum Gasteiger partial charge on any atom is -0.506 e. The summed E-state index contributed by atoms with van der Waals surface area (Å²) >= 11 is 3.10. The van der Waals surface area contributed by atoms with Gasteiger partial charge in [0, 0.05) is 23.7 Å². The fourth-order valence-corrected chi connectivity index (χ4v) is 2.13. The van der Waals surface area contributed by atoms with E-state index in [9.17, 15) is 15.2 Å². The van der Waals surface area contributed by atoms with Crippen LogP contribution in [0.3, 0.4) is 0 Å². The van der Waals surface area contributed by atoms with Gasteiger partial charge in [-0.05, 0) is 34.7 Å². The predicted octanol–water partition coefficient (Wildman–Crippen LogP) is 3.92. The summed E-state index contributed by atoms with van der Waals surface area (Å²) in [6.45, 7) is 4.16. The minimum atomic E-state index is -0.497. The number of non-ortho nitro benzene ring substituents is 1. The molecule has 1 aromatic rings. The first-order chi connectivity index (χ1) is 8.32. The molecule has 1 atom stereocenters. The predicted molar refractivity (Wildman–Crippen MR) is 80.7 cm³/mol. The molecule has 0 saturated carbocycles. The summed E-state index contributed by atoms with van der Waals surface area (Å²) in [5, 5.41) is 20.7. The molecular weight excluding hydrogens is 336 g/mol. The van der Waals surface area contributed by atoms with Crippen LogP contribution in [0.15, 0.2) is 16.6 Å². The third-order valence-electron chi connectivity index (χ3n) is 2.74. The van der Waals surface area contributed by atoms with Gasteiger partial charge in [-0.15, -0.1) is 12.4 Å². The lowest BCUT2D eigenvalue weighted by molar-refractivity contribution is -0.385. The number of hydrogen-bond acceptors (Lipinski definition) is 4. The van der Waals surface area contributed by atoms with E-state index >= 15 is 0 Å². The van der Waals surface area contributed by atoms with Crippen LogP contribution >= 0.6 is 28.3 Å². The number of nitrogens with zero attached hydrogens (tertiary/aromatic N) is 1. The number of halogens is 2. The molecule has 0 aliphatic carbocycles. The van der Waals surface area contributed by atoms with Crippen LogP contribution in [-0.2, 0) is 0 Å². The van der Waals surface area contributed by atoms with E-state index in [0.29, 0.717) is 22.4 Å². The Morgan fingerprint density at radius 3 is 2.47 bits per heavy atom. The first kappa shape index (κ1) is 18.1. The van der Waals surface area contributed by atoms with Gasteiger partial charge in [0.1, 0.15) is 5.75 Å². The molecular formula is C12H18BrClN2O3. The van der Waals surface area contributed by atoms with Gasteiger partial charge in [0.25, 0.3) is 5.69 Å². The zero-order valence-electron chi connectivity index (χ0n) is 10.8. The summed E-state index contributed by atoms with van der Waals surface area (Å²) in [7, 11) is 0. The smallest absolute Gasteiger partial charge is 0.271 e. The Bertz CT molecular complexity index is 455. The van der Waals surface area contributed by atoms with Crippen molar-refractivity contribution in [1.82, 2.24) is 0 Å². The number of aromatic hydroxyl groups is 1. The van der Waals surface area contributed by atoms with E-state index in [-0.39, 0.29) is 23.8 Å². The van der Waals surface area contributed by atoms with E-state index in [0.717, 1.165) is 6.42 Å². The highest BCUT2D eigenvalue weighted by atomic mass is 79.9.